The van der Waals surface area contributed by atoms with E-state index in [9.17, 15) is 0 Å². The zero-order valence-electron chi connectivity index (χ0n) is 26.1. The lowest BCUT2D eigenvalue weighted by molar-refractivity contribution is 0.447. The Morgan fingerprint density at radius 3 is 1.61 bits per heavy atom. The van der Waals surface area contributed by atoms with Gasteiger partial charge in [-0.25, -0.2) is 26.9 Å². The van der Waals surface area contributed by atoms with Gasteiger partial charge in [0.25, 0.3) is 0 Å². The van der Waals surface area contributed by atoms with Crippen LogP contribution in [0.4, 0.5) is 17.6 Å². The number of halogens is 4. The van der Waals surface area contributed by atoms with E-state index >= 15 is 17.6 Å². The van der Waals surface area contributed by atoms with Gasteiger partial charge in [-0.1, -0.05) is 95.3 Å². The Morgan fingerprint density at radius 2 is 1.09 bits per heavy atom. The highest BCUT2D eigenvalue weighted by atomic mass is 19.1. The minimum Gasteiger partial charge on any atom is -0.238 e. The number of rotatable bonds is 2. The predicted octanol–water partition coefficient (Wildman–Crippen LogP) is 8.93. The monoisotopic (exact) mass is 620 g/mol. The molecule has 0 unspecified atom stereocenters. The second kappa shape index (κ2) is 10.3. The van der Waals surface area contributed by atoms with Gasteiger partial charge in [-0.2, -0.15) is 10.2 Å². The van der Waals surface area contributed by atoms with Crippen LogP contribution in [-0.2, 0) is 16.2 Å². The molecule has 8 bridgehead atoms. The molecule has 8 heteroatoms. The smallest absolute Gasteiger partial charge is 0.155 e. The molecule has 0 spiro atoms. The molecule has 0 atom stereocenters. The molecular formula is C38H32F4N4. The highest BCUT2D eigenvalue weighted by Crippen LogP contribution is 2.46. The second-order valence-electron chi connectivity index (χ2n) is 13.4. The van der Waals surface area contributed by atoms with Gasteiger partial charge in [-0.15, -0.1) is 0 Å². The molecule has 4 aromatic carbocycles. The van der Waals surface area contributed by atoms with Crippen LogP contribution >= 0.6 is 0 Å². The molecule has 1 aliphatic heterocycles. The van der Waals surface area contributed by atoms with E-state index in [0.29, 0.717) is 11.4 Å². The summed E-state index contributed by atoms with van der Waals surface area (Å²) in [6.07, 6.45) is 3.27. The lowest BCUT2D eigenvalue weighted by atomic mass is 9.69. The van der Waals surface area contributed by atoms with E-state index in [4.69, 9.17) is 10.2 Å². The summed E-state index contributed by atoms with van der Waals surface area (Å²) in [6.45, 7) is 8.46. The van der Waals surface area contributed by atoms with Crippen LogP contribution in [0.1, 0.15) is 73.8 Å². The first-order valence-corrected chi connectivity index (χ1v) is 15.1. The van der Waals surface area contributed by atoms with Crippen molar-refractivity contribution in [1.29, 1.82) is 0 Å². The summed E-state index contributed by atoms with van der Waals surface area (Å²) in [7, 11) is 0. The minimum absolute atomic E-state index is 0.00729. The highest BCUT2D eigenvalue weighted by molar-refractivity contribution is 5.58. The standard InChI is InChI=1S/C38H32F4N4/c1-36(2,3)33-34(41)26-21-30(35(33)42)46-19-17-32(44-46)38(23-12-8-6-9-13-23,24-14-10-7-11-15-24)31-16-18-45(43-31)29-20-25(37(26,4)5)27(39)22-28(29)40/h6-22H,1-5H3. The van der Waals surface area contributed by atoms with Crippen molar-refractivity contribution in [3.8, 4) is 11.4 Å². The summed E-state index contributed by atoms with van der Waals surface area (Å²) in [5, 5.41) is 9.91. The Kier molecular flexibility index (Phi) is 6.64. The summed E-state index contributed by atoms with van der Waals surface area (Å²) in [5.41, 5.74) is -0.806. The van der Waals surface area contributed by atoms with Crippen LogP contribution in [0, 0.1) is 23.3 Å². The quantitative estimate of drug-likeness (QED) is 0.181. The average molecular weight is 621 g/mol. The fourth-order valence-corrected chi connectivity index (χ4v) is 6.82. The second-order valence-corrected chi connectivity index (χ2v) is 13.4. The molecule has 0 saturated carbocycles. The Morgan fingerprint density at radius 1 is 0.587 bits per heavy atom. The topological polar surface area (TPSA) is 35.6 Å². The maximum atomic E-state index is 16.6. The number of nitrogens with zero attached hydrogens (tertiary/aromatic N) is 4. The molecule has 3 heterocycles. The highest BCUT2D eigenvalue weighted by Gasteiger charge is 2.44. The van der Waals surface area contributed by atoms with E-state index in [1.165, 1.54) is 21.5 Å². The molecule has 4 nitrogen and oxygen atoms in total. The van der Waals surface area contributed by atoms with Crippen LogP contribution in [0.3, 0.4) is 0 Å². The molecular weight excluding hydrogens is 588 g/mol. The Hall–Kier alpha value is -4.98. The average Bonchev–Trinajstić information content (AvgIpc) is 3.69. The van der Waals surface area contributed by atoms with Gasteiger partial charge in [-0.05, 0) is 40.8 Å². The molecule has 0 N–H and O–H groups in total. The van der Waals surface area contributed by atoms with Gasteiger partial charge in [0.1, 0.15) is 28.4 Å². The number of hydrogen-bond donors (Lipinski definition) is 0. The van der Waals surface area contributed by atoms with Crippen molar-refractivity contribution in [2.75, 3.05) is 0 Å². The maximum Gasteiger partial charge on any atom is 0.155 e. The van der Waals surface area contributed by atoms with Crippen molar-refractivity contribution in [2.24, 2.45) is 0 Å². The number of fused-ring (bicyclic) bond motifs is 10. The summed E-state index contributed by atoms with van der Waals surface area (Å²) >= 11 is 0. The van der Waals surface area contributed by atoms with E-state index in [0.717, 1.165) is 17.2 Å². The van der Waals surface area contributed by atoms with Gasteiger partial charge >= 0.3 is 0 Å². The fourth-order valence-electron chi connectivity index (χ4n) is 6.82. The van der Waals surface area contributed by atoms with Gasteiger partial charge < -0.3 is 0 Å². The Balaban J connectivity index is 1.68. The van der Waals surface area contributed by atoms with Crippen molar-refractivity contribution >= 4 is 0 Å². The molecule has 7 rings (SSSR count). The van der Waals surface area contributed by atoms with Crippen LogP contribution in [0.5, 0.6) is 0 Å². The summed E-state index contributed by atoms with van der Waals surface area (Å²) in [6, 6.07) is 26.4. The molecule has 1 aliphatic rings. The van der Waals surface area contributed by atoms with Gasteiger partial charge in [0.15, 0.2) is 11.6 Å². The van der Waals surface area contributed by atoms with Crippen molar-refractivity contribution in [2.45, 2.75) is 50.9 Å². The van der Waals surface area contributed by atoms with Crippen LogP contribution in [0.25, 0.3) is 11.4 Å². The van der Waals surface area contributed by atoms with Gasteiger partial charge in [0, 0.05) is 40.6 Å². The van der Waals surface area contributed by atoms with E-state index < -0.39 is 39.5 Å². The molecule has 2 aromatic heterocycles. The molecule has 6 aromatic rings. The largest absolute Gasteiger partial charge is 0.238 e. The van der Waals surface area contributed by atoms with E-state index in [1.54, 1.807) is 59.1 Å². The van der Waals surface area contributed by atoms with Crippen LogP contribution in [-0.4, -0.2) is 19.6 Å². The SMILES string of the molecule is CC(C)(C)c1c(F)c2cc(c1F)C(C)(C)c1cc(c(F)cc1F)-n1ccc(n1)C(c1ccccc1)(c1ccccc1)c1ccn-2n1. The molecule has 0 radical (unpaired) electrons. The number of hydrogen-bond acceptors (Lipinski definition) is 2. The first-order chi connectivity index (χ1) is 21.8. The van der Waals surface area contributed by atoms with Crippen LogP contribution in [0.2, 0.25) is 0 Å². The van der Waals surface area contributed by atoms with Gasteiger partial charge in [0.05, 0.1) is 11.4 Å². The summed E-state index contributed by atoms with van der Waals surface area (Å²) in [4.78, 5) is 0. The molecule has 0 fully saturated rings. The molecule has 0 amide bonds. The number of benzene rings is 4. The van der Waals surface area contributed by atoms with Crippen molar-refractivity contribution < 1.29 is 17.6 Å². The van der Waals surface area contributed by atoms with Crippen LogP contribution < -0.4 is 0 Å². The normalized spacial score (nSPS) is 15.0. The third-order valence-corrected chi connectivity index (χ3v) is 9.17. The van der Waals surface area contributed by atoms with Gasteiger partial charge in [0.2, 0.25) is 0 Å². The fraction of sp³-hybridized carbons (Fsp3) is 0.211. The van der Waals surface area contributed by atoms with E-state index in [-0.39, 0.29) is 28.1 Å². The zero-order chi connectivity index (χ0) is 32.6. The van der Waals surface area contributed by atoms with Crippen molar-refractivity contribution in [1.82, 2.24) is 19.6 Å². The Labute approximate surface area is 265 Å². The van der Waals surface area contributed by atoms with E-state index in [1.807, 2.05) is 60.7 Å². The molecule has 232 valence electrons. The molecule has 0 saturated heterocycles. The van der Waals surface area contributed by atoms with Gasteiger partial charge in [-0.3, -0.25) is 0 Å². The van der Waals surface area contributed by atoms with Crippen LogP contribution in [0.15, 0.2) is 103 Å². The maximum absolute atomic E-state index is 16.6. The molecule has 46 heavy (non-hydrogen) atoms. The zero-order valence-corrected chi connectivity index (χ0v) is 26.1. The lowest BCUT2D eigenvalue weighted by Gasteiger charge is -2.33. The minimum atomic E-state index is -1.35. The summed E-state index contributed by atoms with van der Waals surface area (Å²) < 4.78 is 67.4. The Bertz CT molecular complexity index is 2070. The lowest BCUT2D eigenvalue weighted by Crippen LogP contribution is -2.33. The molecule has 0 aliphatic carbocycles. The third kappa shape index (κ3) is 4.26. The first kappa shape index (κ1) is 29.7. The van der Waals surface area contributed by atoms with Crippen molar-refractivity contribution in [3.63, 3.8) is 0 Å². The first-order valence-electron chi connectivity index (χ1n) is 15.1. The predicted molar refractivity (Wildman–Crippen MR) is 170 cm³/mol. The van der Waals surface area contributed by atoms with Crippen molar-refractivity contribution in [3.05, 3.63) is 166 Å². The third-order valence-electron chi connectivity index (χ3n) is 9.17. The number of aromatic nitrogens is 4. The van der Waals surface area contributed by atoms with E-state index in [2.05, 4.69) is 0 Å². The summed E-state index contributed by atoms with van der Waals surface area (Å²) in [5.74, 6) is -3.23.